The number of nitrogens with zero attached hydrogens (tertiary/aromatic N) is 3. The lowest BCUT2D eigenvalue weighted by Gasteiger charge is -2.08. The van der Waals surface area contributed by atoms with Crippen molar-refractivity contribution in [1.29, 1.82) is 0 Å². The average molecular weight is 339 g/mol. The number of nitrogens with one attached hydrogen (secondary N) is 3. The number of hydrogen-bond acceptors (Lipinski definition) is 7. The molecule has 1 aliphatic heterocycles. The van der Waals surface area contributed by atoms with Gasteiger partial charge in [0.1, 0.15) is 18.2 Å². The number of H-pyrrole nitrogens is 2. The van der Waals surface area contributed by atoms with E-state index in [0.717, 1.165) is 11.3 Å². The molecule has 0 atom stereocenters. The molecule has 0 bridgehead atoms. The van der Waals surface area contributed by atoms with E-state index in [1.807, 2.05) is 24.3 Å². The number of para-hydroxylation sites is 1. The number of rotatable bonds is 4. The van der Waals surface area contributed by atoms with E-state index in [-0.39, 0.29) is 18.1 Å². The molecule has 0 aliphatic carbocycles. The van der Waals surface area contributed by atoms with Gasteiger partial charge in [-0.25, -0.2) is 4.98 Å². The Morgan fingerprint density at radius 1 is 1.28 bits per heavy atom. The van der Waals surface area contributed by atoms with Crippen LogP contribution in [0, 0.1) is 0 Å². The zero-order chi connectivity index (χ0) is 17.2. The molecule has 0 radical (unpaired) electrons. The minimum Gasteiger partial charge on any atom is -0.487 e. The van der Waals surface area contributed by atoms with Crippen LogP contribution in [0.5, 0.6) is 5.75 Å². The van der Waals surface area contributed by atoms with E-state index in [9.17, 15) is 4.79 Å². The van der Waals surface area contributed by atoms with E-state index in [1.54, 1.807) is 0 Å². The van der Waals surface area contributed by atoms with Crippen LogP contribution in [0.15, 0.2) is 29.1 Å². The fourth-order valence-corrected chi connectivity index (χ4v) is 2.78. The van der Waals surface area contributed by atoms with Gasteiger partial charge in [-0.2, -0.15) is 4.98 Å². The number of aromatic amines is 2. The zero-order valence-electron chi connectivity index (χ0n) is 13.4. The third-order valence-corrected chi connectivity index (χ3v) is 4.01. The standard InChI is InChI=1S/C16H17N7O2/c17-15-20-13(22-23-15)5-6-18-16-19-11-8-25-12-4-2-1-3-9(12)7-10(11)14(24)21-16/h1-4H,5-8H2,(H3,17,20,22,23)(H2,18,19,21,24). The summed E-state index contributed by atoms with van der Waals surface area (Å²) in [5, 5.41) is 9.59. The first-order valence-corrected chi connectivity index (χ1v) is 7.92. The molecule has 5 N–H and O–H groups in total. The van der Waals surface area contributed by atoms with Gasteiger partial charge in [-0.3, -0.25) is 14.9 Å². The second kappa shape index (κ2) is 6.27. The number of anilines is 2. The van der Waals surface area contributed by atoms with Gasteiger partial charge in [0, 0.05) is 24.9 Å². The summed E-state index contributed by atoms with van der Waals surface area (Å²) >= 11 is 0. The van der Waals surface area contributed by atoms with Crippen LogP contribution in [0.3, 0.4) is 0 Å². The second-order valence-corrected chi connectivity index (χ2v) is 5.73. The van der Waals surface area contributed by atoms with E-state index in [1.165, 1.54) is 0 Å². The Balaban J connectivity index is 1.51. The maximum absolute atomic E-state index is 12.4. The Bertz CT molecular complexity index is 963. The van der Waals surface area contributed by atoms with Gasteiger partial charge in [0.15, 0.2) is 0 Å². The first kappa shape index (κ1) is 15.2. The SMILES string of the molecule is Nc1n[nH]c(CCNc2nc3c(c(=O)[nH]2)Cc2ccccc2OC3)n1. The van der Waals surface area contributed by atoms with Crippen molar-refractivity contribution in [2.45, 2.75) is 19.4 Å². The van der Waals surface area contributed by atoms with Crippen molar-refractivity contribution in [3.05, 3.63) is 57.3 Å². The molecule has 1 aliphatic rings. The highest BCUT2D eigenvalue weighted by Gasteiger charge is 2.18. The molecule has 0 fully saturated rings. The van der Waals surface area contributed by atoms with Gasteiger partial charge < -0.3 is 15.8 Å². The Labute approximate surface area is 142 Å². The van der Waals surface area contributed by atoms with Crippen molar-refractivity contribution >= 4 is 11.9 Å². The lowest BCUT2D eigenvalue weighted by atomic mass is 10.1. The quantitative estimate of drug-likeness (QED) is 0.547. The summed E-state index contributed by atoms with van der Waals surface area (Å²) in [5.74, 6) is 2.08. The maximum atomic E-state index is 12.4. The summed E-state index contributed by atoms with van der Waals surface area (Å²) < 4.78 is 5.78. The number of nitrogens with two attached hydrogens (primary N) is 1. The summed E-state index contributed by atoms with van der Waals surface area (Å²) in [6.45, 7) is 0.793. The second-order valence-electron chi connectivity index (χ2n) is 5.73. The van der Waals surface area contributed by atoms with E-state index < -0.39 is 0 Å². The van der Waals surface area contributed by atoms with E-state index in [2.05, 4.69) is 30.5 Å². The highest BCUT2D eigenvalue weighted by atomic mass is 16.5. The molecule has 0 spiro atoms. The van der Waals surface area contributed by atoms with Crippen LogP contribution < -0.4 is 21.3 Å². The number of benzene rings is 1. The largest absolute Gasteiger partial charge is 0.487 e. The Morgan fingerprint density at radius 3 is 3.00 bits per heavy atom. The van der Waals surface area contributed by atoms with Gasteiger partial charge in [-0.15, -0.1) is 5.10 Å². The van der Waals surface area contributed by atoms with Crippen LogP contribution in [0.4, 0.5) is 11.9 Å². The van der Waals surface area contributed by atoms with Crippen LogP contribution in [0.2, 0.25) is 0 Å². The molecule has 128 valence electrons. The van der Waals surface area contributed by atoms with Crippen molar-refractivity contribution in [2.75, 3.05) is 17.6 Å². The third kappa shape index (κ3) is 3.16. The van der Waals surface area contributed by atoms with Crippen molar-refractivity contribution in [3.63, 3.8) is 0 Å². The van der Waals surface area contributed by atoms with Crippen molar-refractivity contribution in [2.24, 2.45) is 0 Å². The fourth-order valence-electron chi connectivity index (χ4n) is 2.78. The van der Waals surface area contributed by atoms with Crippen molar-refractivity contribution in [3.8, 4) is 5.75 Å². The highest BCUT2D eigenvalue weighted by molar-refractivity contribution is 5.41. The van der Waals surface area contributed by atoms with Gasteiger partial charge in [0.2, 0.25) is 11.9 Å². The number of nitrogen functional groups attached to an aromatic ring is 1. The molecule has 2 aromatic heterocycles. The van der Waals surface area contributed by atoms with Gasteiger partial charge in [-0.1, -0.05) is 18.2 Å². The van der Waals surface area contributed by atoms with Gasteiger partial charge in [0.25, 0.3) is 5.56 Å². The molecule has 3 aromatic rings. The first-order valence-electron chi connectivity index (χ1n) is 7.92. The molecule has 4 rings (SSSR count). The summed E-state index contributed by atoms with van der Waals surface area (Å²) in [7, 11) is 0. The fraction of sp³-hybridized carbons (Fsp3) is 0.250. The van der Waals surface area contributed by atoms with Crippen LogP contribution in [0.1, 0.15) is 22.6 Å². The van der Waals surface area contributed by atoms with Crippen molar-refractivity contribution in [1.82, 2.24) is 25.1 Å². The van der Waals surface area contributed by atoms with Crippen LogP contribution in [-0.2, 0) is 19.4 Å². The number of ether oxygens (including phenoxy) is 1. The Kier molecular flexibility index (Phi) is 3.81. The molecule has 9 nitrogen and oxygen atoms in total. The number of fused-ring (bicyclic) bond motifs is 2. The lowest BCUT2D eigenvalue weighted by Crippen LogP contribution is -2.21. The molecular formula is C16H17N7O2. The Morgan fingerprint density at radius 2 is 2.16 bits per heavy atom. The molecule has 0 amide bonds. The van der Waals surface area contributed by atoms with Crippen LogP contribution >= 0.6 is 0 Å². The summed E-state index contributed by atoms with van der Waals surface area (Å²) in [6, 6.07) is 7.70. The Hall–Kier alpha value is -3.36. The van der Waals surface area contributed by atoms with E-state index in [0.29, 0.717) is 42.4 Å². The maximum Gasteiger partial charge on any atom is 0.256 e. The van der Waals surface area contributed by atoms with E-state index in [4.69, 9.17) is 10.5 Å². The minimum atomic E-state index is -0.156. The van der Waals surface area contributed by atoms with E-state index >= 15 is 0 Å². The molecule has 1 aromatic carbocycles. The predicted octanol–water partition coefficient (Wildman–Crippen LogP) is 0.608. The summed E-state index contributed by atoms with van der Waals surface area (Å²) in [5.41, 5.74) is 7.57. The normalized spacial score (nSPS) is 12.6. The monoisotopic (exact) mass is 339 g/mol. The lowest BCUT2D eigenvalue weighted by molar-refractivity contribution is 0.302. The minimum absolute atomic E-state index is 0.156. The van der Waals surface area contributed by atoms with Crippen molar-refractivity contribution < 1.29 is 4.74 Å². The molecule has 0 unspecified atom stereocenters. The van der Waals surface area contributed by atoms with Crippen LogP contribution in [0.25, 0.3) is 0 Å². The molecule has 3 heterocycles. The topological polar surface area (TPSA) is 135 Å². The van der Waals surface area contributed by atoms with Crippen LogP contribution in [-0.4, -0.2) is 31.7 Å². The zero-order valence-corrected chi connectivity index (χ0v) is 13.4. The summed E-state index contributed by atoms with van der Waals surface area (Å²) in [6.07, 6.45) is 1.08. The molecule has 25 heavy (non-hydrogen) atoms. The molecular weight excluding hydrogens is 322 g/mol. The van der Waals surface area contributed by atoms with Gasteiger partial charge in [0.05, 0.1) is 5.69 Å². The summed E-state index contributed by atoms with van der Waals surface area (Å²) in [4.78, 5) is 23.7. The van der Waals surface area contributed by atoms with Gasteiger partial charge >= 0.3 is 0 Å². The average Bonchev–Trinajstić information content (AvgIpc) is 2.91. The third-order valence-electron chi connectivity index (χ3n) is 4.01. The first-order chi connectivity index (χ1) is 12.2. The molecule has 0 saturated carbocycles. The molecule has 9 heteroatoms. The molecule has 0 saturated heterocycles. The number of hydrogen-bond donors (Lipinski definition) is 4. The van der Waals surface area contributed by atoms with Gasteiger partial charge in [-0.05, 0) is 11.6 Å². The predicted molar refractivity (Wildman–Crippen MR) is 91.4 cm³/mol. The number of aromatic nitrogens is 5. The highest BCUT2D eigenvalue weighted by Crippen LogP contribution is 2.25. The smallest absolute Gasteiger partial charge is 0.256 e.